The highest BCUT2D eigenvalue weighted by Gasteiger charge is 2.25. The van der Waals surface area contributed by atoms with E-state index in [0.29, 0.717) is 11.4 Å². The number of hydrogen-bond acceptors (Lipinski definition) is 6. The summed E-state index contributed by atoms with van der Waals surface area (Å²) in [5, 5.41) is 5.41. The third-order valence-electron chi connectivity index (χ3n) is 2.70. The van der Waals surface area contributed by atoms with E-state index in [0.717, 1.165) is 29.0 Å². The van der Waals surface area contributed by atoms with Crippen LogP contribution < -0.4 is 5.32 Å². The van der Waals surface area contributed by atoms with Crippen molar-refractivity contribution in [3.8, 4) is 0 Å². The predicted molar refractivity (Wildman–Crippen MR) is 73.0 cm³/mol. The van der Waals surface area contributed by atoms with Crippen molar-refractivity contribution in [2.24, 2.45) is 0 Å². The SMILES string of the molecule is CNc1cc(SC2CCOC2C)nc(SC)n1. The monoisotopic (exact) mass is 271 g/mol. The molecule has 1 aliphatic heterocycles. The lowest BCUT2D eigenvalue weighted by atomic mass is 10.3. The van der Waals surface area contributed by atoms with Crippen LogP contribution in [-0.2, 0) is 4.74 Å². The molecule has 0 aliphatic carbocycles. The minimum Gasteiger partial charge on any atom is -0.377 e. The molecule has 0 amide bonds. The Labute approximate surface area is 110 Å². The highest BCUT2D eigenvalue weighted by molar-refractivity contribution is 8.00. The molecule has 2 heterocycles. The zero-order valence-corrected chi connectivity index (χ0v) is 11.9. The maximum absolute atomic E-state index is 5.57. The normalized spacial score (nSPS) is 23.9. The highest BCUT2D eigenvalue weighted by Crippen LogP contribution is 2.32. The number of nitrogens with one attached hydrogen (secondary N) is 1. The number of anilines is 1. The Hall–Kier alpha value is -0.460. The largest absolute Gasteiger partial charge is 0.377 e. The van der Waals surface area contributed by atoms with Crippen molar-refractivity contribution in [3.63, 3.8) is 0 Å². The van der Waals surface area contributed by atoms with Crippen molar-refractivity contribution >= 4 is 29.3 Å². The van der Waals surface area contributed by atoms with Crippen LogP contribution >= 0.6 is 23.5 Å². The van der Waals surface area contributed by atoms with Crippen molar-refractivity contribution < 1.29 is 4.74 Å². The summed E-state index contributed by atoms with van der Waals surface area (Å²) in [6.45, 7) is 2.98. The molecule has 0 saturated carbocycles. The summed E-state index contributed by atoms with van der Waals surface area (Å²) in [4.78, 5) is 8.88. The second-order valence-electron chi connectivity index (χ2n) is 3.85. The summed E-state index contributed by atoms with van der Waals surface area (Å²) >= 11 is 3.35. The first kappa shape index (κ1) is 13.0. The van der Waals surface area contributed by atoms with Gasteiger partial charge in [-0.25, -0.2) is 9.97 Å². The molecule has 0 spiro atoms. The molecule has 1 aromatic heterocycles. The molecule has 0 bridgehead atoms. The van der Waals surface area contributed by atoms with Crippen LogP contribution in [0, 0.1) is 0 Å². The average molecular weight is 271 g/mol. The second-order valence-corrected chi connectivity index (χ2v) is 5.88. The Bertz CT molecular complexity index is 367. The quantitative estimate of drug-likeness (QED) is 0.516. The Morgan fingerprint density at radius 1 is 1.47 bits per heavy atom. The van der Waals surface area contributed by atoms with E-state index in [-0.39, 0.29) is 0 Å². The molecule has 2 atom stereocenters. The maximum atomic E-state index is 5.57. The zero-order valence-electron chi connectivity index (χ0n) is 10.3. The Kier molecular flexibility index (Phi) is 4.53. The lowest BCUT2D eigenvalue weighted by Gasteiger charge is -2.13. The van der Waals surface area contributed by atoms with Gasteiger partial charge >= 0.3 is 0 Å². The topological polar surface area (TPSA) is 47.0 Å². The van der Waals surface area contributed by atoms with Crippen LogP contribution in [0.2, 0.25) is 0 Å². The second kappa shape index (κ2) is 5.93. The van der Waals surface area contributed by atoms with Crippen molar-refractivity contribution in [1.82, 2.24) is 9.97 Å². The van der Waals surface area contributed by atoms with Gasteiger partial charge in [0.2, 0.25) is 0 Å². The average Bonchev–Trinajstić information content (AvgIpc) is 2.74. The number of aromatic nitrogens is 2. The summed E-state index contributed by atoms with van der Waals surface area (Å²) < 4.78 is 5.57. The lowest BCUT2D eigenvalue weighted by molar-refractivity contribution is 0.127. The molecule has 94 valence electrons. The smallest absolute Gasteiger partial charge is 0.190 e. The van der Waals surface area contributed by atoms with Crippen molar-refractivity contribution in [2.75, 3.05) is 25.2 Å². The molecule has 0 radical (unpaired) electrons. The number of nitrogens with zero attached hydrogens (tertiary/aromatic N) is 2. The molecule has 17 heavy (non-hydrogen) atoms. The third-order valence-corrected chi connectivity index (χ3v) is 4.62. The van der Waals surface area contributed by atoms with Gasteiger partial charge in [0.15, 0.2) is 5.16 Å². The van der Waals surface area contributed by atoms with E-state index in [1.165, 1.54) is 0 Å². The fourth-order valence-corrected chi connectivity index (χ4v) is 3.26. The Morgan fingerprint density at radius 2 is 2.29 bits per heavy atom. The van der Waals surface area contributed by atoms with Crippen LogP contribution in [0.4, 0.5) is 5.82 Å². The van der Waals surface area contributed by atoms with E-state index in [4.69, 9.17) is 4.74 Å². The zero-order chi connectivity index (χ0) is 12.3. The molecular weight excluding hydrogens is 254 g/mol. The van der Waals surface area contributed by atoms with E-state index in [2.05, 4.69) is 22.2 Å². The molecule has 4 nitrogen and oxygen atoms in total. The minimum absolute atomic E-state index is 0.311. The molecule has 1 aliphatic rings. The van der Waals surface area contributed by atoms with Crippen LogP contribution in [0.3, 0.4) is 0 Å². The number of rotatable bonds is 4. The van der Waals surface area contributed by atoms with Crippen molar-refractivity contribution in [1.29, 1.82) is 0 Å². The van der Waals surface area contributed by atoms with Crippen LogP contribution in [0.25, 0.3) is 0 Å². The van der Waals surface area contributed by atoms with E-state index in [9.17, 15) is 0 Å². The molecule has 1 saturated heterocycles. The van der Waals surface area contributed by atoms with Gasteiger partial charge in [-0.05, 0) is 19.6 Å². The molecule has 1 aromatic rings. The summed E-state index contributed by atoms with van der Waals surface area (Å²) in [7, 11) is 1.88. The van der Waals surface area contributed by atoms with Gasteiger partial charge in [0.1, 0.15) is 10.8 Å². The molecule has 6 heteroatoms. The van der Waals surface area contributed by atoms with E-state index < -0.39 is 0 Å². The van der Waals surface area contributed by atoms with Crippen LogP contribution in [0.1, 0.15) is 13.3 Å². The van der Waals surface area contributed by atoms with Crippen molar-refractivity contribution in [3.05, 3.63) is 6.07 Å². The highest BCUT2D eigenvalue weighted by atomic mass is 32.2. The van der Waals surface area contributed by atoms with Gasteiger partial charge in [0.25, 0.3) is 0 Å². The summed E-state index contributed by atoms with van der Waals surface area (Å²) in [5.41, 5.74) is 0. The maximum Gasteiger partial charge on any atom is 0.190 e. The van der Waals surface area contributed by atoms with Crippen LogP contribution in [0.5, 0.6) is 0 Å². The fraction of sp³-hybridized carbons (Fsp3) is 0.636. The van der Waals surface area contributed by atoms with Crippen LogP contribution in [-0.4, -0.2) is 41.2 Å². The first-order valence-electron chi connectivity index (χ1n) is 5.62. The van der Waals surface area contributed by atoms with Gasteiger partial charge in [-0.15, -0.1) is 11.8 Å². The Morgan fingerprint density at radius 3 is 2.88 bits per heavy atom. The fourth-order valence-electron chi connectivity index (χ4n) is 1.71. The van der Waals surface area contributed by atoms with Crippen LogP contribution in [0.15, 0.2) is 16.2 Å². The molecule has 2 rings (SSSR count). The van der Waals surface area contributed by atoms with Gasteiger partial charge in [-0.1, -0.05) is 11.8 Å². The first-order chi connectivity index (χ1) is 8.22. The van der Waals surface area contributed by atoms with Crippen molar-refractivity contribution in [2.45, 2.75) is 34.9 Å². The number of thioether (sulfide) groups is 2. The molecule has 0 aromatic carbocycles. The number of ether oxygens (including phenoxy) is 1. The van der Waals surface area contributed by atoms with E-state index >= 15 is 0 Å². The Balaban J connectivity index is 2.14. The van der Waals surface area contributed by atoms with Gasteiger partial charge in [-0.2, -0.15) is 0 Å². The van der Waals surface area contributed by atoms with E-state index in [1.54, 1.807) is 23.5 Å². The summed E-state index contributed by atoms with van der Waals surface area (Å²) in [5.74, 6) is 0.874. The first-order valence-corrected chi connectivity index (χ1v) is 7.72. The lowest BCUT2D eigenvalue weighted by Crippen LogP contribution is -2.13. The molecular formula is C11H17N3OS2. The van der Waals surface area contributed by atoms with E-state index in [1.807, 2.05) is 19.4 Å². The minimum atomic E-state index is 0.311. The summed E-state index contributed by atoms with van der Waals surface area (Å²) in [6.07, 6.45) is 3.40. The predicted octanol–water partition coefficient (Wildman–Crippen LogP) is 2.51. The molecule has 1 N–H and O–H groups in total. The number of hydrogen-bond donors (Lipinski definition) is 1. The standard InChI is InChI=1S/C11H17N3OS2/c1-7-8(4-5-15-7)17-10-6-9(12-2)13-11(14-10)16-3/h6-8H,4-5H2,1-3H3,(H,12,13,14). The van der Waals surface area contributed by atoms with Gasteiger partial charge in [-0.3, -0.25) is 0 Å². The van der Waals surface area contributed by atoms with Gasteiger partial charge < -0.3 is 10.1 Å². The molecule has 2 unspecified atom stereocenters. The molecule has 1 fully saturated rings. The van der Waals surface area contributed by atoms with Gasteiger partial charge in [0, 0.05) is 25.0 Å². The van der Waals surface area contributed by atoms with Gasteiger partial charge in [0.05, 0.1) is 6.10 Å². The summed E-state index contributed by atoms with van der Waals surface area (Å²) in [6, 6.07) is 2.00. The third kappa shape index (κ3) is 3.26.